The summed E-state index contributed by atoms with van der Waals surface area (Å²) in [6, 6.07) is 17.0. The smallest absolute Gasteiger partial charge is 0.435 e. The van der Waals surface area contributed by atoms with Crippen LogP contribution in [0, 0.1) is 0 Å². The molecule has 0 spiro atoms. The van der Waals surface area contributed by atoms with E-state index in [9.17, 15) is 27.9 Å². The molecule has 1 aliphatic carbocycles. The summed E-state index contributed by atoms with van der Waals surface area (Å²) in [4.78, 5) is 37.9. The molecular formula is C32H23F3N8O3. The zero-order valence-corrected chi connectivity index (χ0v) is 23.7. The number of pyridine rings is 2. The Hall–Kier alpha value is -6.05. The fraction of sp³-hybridized carbons (Fsp3) is 0.125. The van der Waals surface area contributed by atoms with Crippen molar-refractivity contribution >= 4 is 29.2 Å². The number of rotatable bonds is 6. The van der Waals surface area contributed by atoms with Crippen molar-refractivity contribution in [1.29, 1.82) is 0 Å². The lowest BCUT2D eigenvalue weighted by molar-refractivity contribution is -0.141. The second-order valence-corrected chi connectivity index (χ2v) is 10.7. The molecule has 7 rings (SSSR count). The van der Waals surface area contributed by atoms with Crippen molar-refractivity contribution in [2.24, 2.45) is 0 Å². The molecule has 230 valence electrons. The number of halogens is 3. The topological polar surface area (TPSA) is 154 Å². The number of phenols is 1. The summed E-state index contributed by atoms with van der Waals surface area (Å²) in [7, 11) is 0. The Morgan fingerprint density at radius 1 is 1.07 bits per heavy atom. The number of imidazole rings is 1. The number of nitrogen functional groups attached to an aromatic ring is 1. The van der Waals surface area contributed by atoms with Crippen molar-refractivity contribution in [2.75, 3.05) is 5.73 Å². The average molecular weight is 625 g/mol. The van der Waals surface area contributed by atoms with Crippen molar-refractivity contribution in [2.45, 2.75) is 25.1 Å². The molecule has 0 fully saturated rings. The van der Waals surface area contributed by atoms with Gasteiger partial charge in [0.25, 0.3) is 5.91 Å². The van der Waals surface area contributed by atoms with E-state index in [4.69, 9.17) is 10.7 Å². The number of aromatic nitrogens is 6. The number of carbonyl (C=O) groups excluding carboxylic acids is 2. The van der Waals surface area contributed by atoms with Gasteiger partial charge in [-0.2, -0.15) is 18.3 Å². The number of nitrogens with zero attached hydrogens (tertiary/aromatic N) is 6. The number of amides is 1. The number of hydrogen-bond donors (Lipinski definition) is 3. The quantitative estimate of drug-likeness (QED) is 0.214. The van der Waals surface area contributed by atoms with E-state index in [1.54, 1.807) is 29.0 Å². The second kappa shape index (κ2) is 10.8. The van der Waals surface area contributed by atoms with E-state index < -0.39 is 11.9 Å². The molecule has 1 aliphatic rings. The zero-order chi connectivity index (χ0) is 32.2. The number of carbonyl (C=O) groups is 2. The van der Waals surface area contributed by atoms with E-state index in [0.717, 1.165) is 21.9 Å². The Bertz CT molecular complexity index is 2170. The molecule has 0 radical (unpaired) electrons. The van der Waals surface area contributed by atoms with Crippen molar-refractivity contribution in [3.8, 4) is 28.6 Å². The van der Waals surface area contributed by atoms with Gasteiger partial charge in [0.05, 0.1) is 17.2 Å². The molecule has 4 heterocycles. The minimum absolute atomic E-state index is 0.0202. The lowest BCUT2D eigenvalue weighted by Crippen LogP contribution is -2.27. The molecular weight excluding hydrogens is 601 g/mol. The van der Waals surface area contributed by atoms with Gasteiger partial charge < -0.3 is 16.2 Å². The van der Waals surface area contributed by atoms with Crippen molar-refractivity contribution in [3.05, 3.63) is 107 Å². The minimum atomic E-state index is -4.60. The summed E-state index contributed by atoms with van der Waals surface area (Å²) in [5.74, 6) is 0.233. The Labute approximate surface area is 258 Å². The largest absolute Gasteiger partial charge is 0.507 e. The van der Waals surface area contributed by atoms with Crippen LogP contribution in [-0.2, 0) is 12.6 Å². The molecule has 0 saturated heterocycles. The summed E-state index contributed by atoms with van der Waals surface area (Å²) < 4.78 is 42.6. The highest BCUT2D eigenvalue weighted by molar-refractivity contribution is 5.96. The molecule has 46 heavy (non-hydrogen) atoms. The van der Waals surface area contributed by atoms with Gasteiger partial charge in [0.1, 0.15) is 17.1 Å². The van der Waals surface area contributed by atoms with Gasteiger partial charge in [-0.15, -0.1) is 0 Å². The lowest BCUT2D eigenvalue weighted by atomic mass is 10.1. The number of aldehydes is 1. The number of aromatic hydroxyl groups is 1. The fourth-order valence-corrected chi connectivity index (χ4v) is 5.63. The molecule has 14 heteroatoms. The molecule has 6 aromatic rings. The first kappa shape index (κ1) is 28.7. The van der Waals surface area contributed by atoms with Crippen LogP contribution in [0.2, 0.25) is 0 Å². The normalized spacial score (nSPS) is 14.4. The van der Waals surface area contributed by atoms with E-state index >= 15 is 0 Å². The highest BCUT2D eigenvalue weighted by Gasteiger charge is 2.34. The van der Waals surface area contributed by atoms with Gasteiger partial charge >= 0.3 is 6.18 Å². The first-order chi connectivity index (χ1) is 22.1. The van der Waals surface area contributed by atoms with Crippen molar-refractivity contribution < 1.29 is 27.9 Å². The number of fused-ring (bicyclic) bond motifs is 2. The monoisotopic (exact) mass is 624 g/mol. The van der Waals surface area contributed by atoms with Crippen molar-refractivity contribution in [1.82, 2.24) is 34.6 Å². The number of anilines is 1. The third-order valence-electron chi connectivity index (χ3n) is 7.87. The third kappa shape index (κ3) is 4.99. The predicted molar refractivity (Wildman–Crippen MR) is 161 cm³/mol. The van der Waals surface area contributed by atoms with Crippen LogP contribution in [0.3, 0.4) is 0 Å². The number of phenolic OH excluding ortho intramolecular Hbond substituents is 1. The van der Waals surface area contributed by atoms with Crippen LogP contribution in [0.1, 0.15) is 50.0 Å². The molecule has 0 aliphatic heterocycles. The number of nitrogens with two attached hydrogens (primary N) is 1. The average Bonchev–Trinajstić information content (AvgIpc) is 3.78. The second-order valence-electron chi connectivity index (χ2n) is 10.7. The molecule has 4 N–H and O–H groups in total. The first-order valence-electron chi connectivity index (χ1n) is 14.1. The van der Waals surface area contributed by atoms with Crippen LogP contribution in [0.25, 0.3) is 34.1 Å². The maximum atomic E-state index is 13.2. The van der Waals surface area contributed by atoms with Gasteiger partial charge in [0, 0.05) is 23.6 Å². The molecule has 0 bridgehead atoms. The molecule has 2 aromatic carbocycles. The maximum absolute atomic E-state index is 13.2. The van der Waals surface area contributed by atoms with Crippen LogP contribution < -0.4 is 11.1 Å². The summed E-state index contributed by atoms with van der Waals surface area (Å²) in [5, 5.41) is 16.4. The van der Waals surface area contributed by atoms with E-state index in [-0.39, 0.29) is 40.5 Å². The molecule has 11 nitrogen and oxygen atoms in total. The molecule has 0 saturated carbocycles. The van der Waals surface area contributed by atoms with E-state index in [1.165, 1.54) is 30.5 Å². The van der Waals surface area contributed by atoms with Crippen LogP contribution in [0.4, 0.5) is 19.0 Å². The summed E-state index contributed by atoms with van der Waals surface area (Å²) >= 11 is 0. The van der Waals surface area contributed by atoms with Gasteiger partial charge in [-0.25, -0.2) is 19.6 Å². The van der Waals surface area contributed by atoms with Crippen LogP contribution in [0.5, 0.6) is 5.75 Å². The highest BCUT2D eigenvalue weighted by atomic mass is 19.4. The zero-order valence-electron chi connectivity index (χ0n) is 23.7. The van der Waals surface area contributed by atoms with E-state index in [1.807, 2.05) is 18.2 Å². The van der Waals surface area contributed by atoms with Gasteiger partial charge in [-0.05, 0) is 84.6 Å². The highest BCUT2D eigenvalue weighted by Crippen LogP contribution is 2.36. The first-order valence-corrected chi connectivity index (χ1v) is 14.1. The minimum Gasteiger partial charge on any atom is -0.507 e. The molecule has 1 atom stereocenters. The van der Waals surface area contributed by atoms with Gasteiger partial charge in [0.15, 0.2) is 29.3 Å². The summed E-state index contributed by atoms with van der Waals surface area (Å²) in [5.41, 5.74) is 9.37. The standard InChI is InChI=1S/C32H23F3N8O3/c33-32(34,35)26-11-13-42(41-26)27-10-8-24-30(40-27)43(29(38-24)22-2-1-12-37-28(22)36)20-5-6-21-17(15-20)3-7-23(21)39-31(46)18-4-9-25(45)19(14-18)16-44/h1-2,4-6,8-16,23,45H,3,7H2,(H2,36,37)(H,39,46)/t23-/m0/s1. The third-order valence-corrected chi connectivity index (χ3v) is 7.87. The van der Waals surface area contributed by atoms with Crippen LogP contribution >= 0.6 is 0 Å². The Morgan fingerprint density at radius 2 is 1.91 bits per heavy atom. The lowest BCUT2D eigenvalue weighted by Gasteiger charge is -2.16. The van der Waals surface area contributed by atoms with Crippen LogP contribution in [-0.4, -0.2) is 46.6 Å². The Kier molecular flexibility index (Phi) is 6.76. The molecule has 1 amide bonds. The Balaban J connectivity index is 1.29. The number of nitrogens with one attached hydrogen (secondary N) is 1. The maximum Gasteiger partial charge on any atom is 0.435 e. The van der Waals surface area contributed by atoms with E-state index in [0.29, 0.717) is 47.4 Å². The predicted octanol–water partition coefficient (Wildman–Crippen LogP) is 5.20. The van der Waals surface area contributed by atoms with E-state index in [2.05, 4.69) is 20.4 Å². The van der Waals surface area contributed by atoms with Crippen LogP contribution in [0.15, 0.2) is 79.1 Å². The Morgan fingerprint density at radius 3 is 2.67 bits per heavy atom. The number of aryl methyl sites for hydroxylation is 1. The van der Waals surface area contributed by atoms with Gasteiger partial charge in [-0.3, -0.25) is 14.2 Å². The number of hydrogen-bond acceptors (Lipinski definition) is 8. The number of benzene rings is 2. The molecule has 4 aromatic heterocycles. The fourth-order valence-electron chi connectivity index (χ4n) is 5.63. The summed E-state index contributed by atoms with van der Waals surface area (Å²) in [6.07, 6.45) is -0.101. The van der Waals surface area contributed by atoms with Gasteiger partial charge in [-0.1, -0.05) is 6.07 Å². The van der Waals surface area contributed by atoms with Crippen molar-refractivity contribution in [3.63, 3.8) is 0 Å². The van der Waals surface area contributed by atoms with Gasteiger partial charge in [0.2, 0.25) is 0 Å². The molecule has 0 unspecified atom stereocenters. The summed E-state index contributed by atoms with van der Waals surface area (Å²) in [6.45, 7) is 0. The number of alkyl halides is 3. The SMILES string of the molecule is Nc1ncccc1-c1nc2ccc(-n3ccc(C(F)(F)F)n3)nc2n1-c1ccc2c(c1)CC[C@@H]2NC(=O)c1ccc(O)c(C=O)c1.